The molecular formula is C21H28FN3O3. The molecule has 1 aliphatic carbocycles. The van der Waals surface area contributed by atoms with Gasteiger partial charge in [-0.05, 0) is 49.7 Å². The van der Waals surface area contributed by atoms with E-state index in [-0.39, 0.29) is 17.7 Å². The van der Waals surface area contributed by atoms with Crippen LogP contribution in [0.2, 0.25) is 0 Å². The highest BCUT2D eigenvalue weighted by Crippen LogP contribution is 2.46. The average Bonchev–Trinajstić information content (AvgIpc) is 2.93. The Morgan fingerprint density at radius 2 is 1.96 bits per heavy atom. The molecular weight excluding hydrogens is 361 g/mol. The summed E-state index contributed by atoms with van der Waals surface area (Å²) in [4.78, 5) is 25.2. The molecule has 2 amide bonds. The summed E-state index contributed by atoms with van der Waals surface area (Å²) in [5.74, 6) is -0.141. The zero-order valence-corrected chi connectivity index (χ0v) is 16.2. The van der Waals surface area contributed by atoms with Gasteiger partial charge in [-0.1, -0.05) is 19.8 Å². The second-order valence-corrected chi connectivity index (χ2v) is 8.56. The molecule has 1 saturated heterocycles. The van der Waals surface area contributed by atoms with Crippen molar-refractivity contribution >= 4 is 23.2 Å². The number of halogens is 1. The molecule has 7 heteroatoms. The number of ether oxygens (including phenoxy) is 1. The molecule has 4 rings (SSSR count). The molecule has 1 aromatic rings. The van der Waals surface area contributed by atoms with Gasteiger partial charge in [-0.3, -0.25) is 9.59 Å². The summed E-state index contributed by atoms with van der Waals surface area (Å²) in [6, 6.07) is 2.32. The van der Waals surface area contributed by atoms with E-state index in [1.807, 2.05) is 0 Å². The van der Waals surface area contributed by atoms with E-state index >= 15 is 0 Å². The molecule has 0 aromatic heterocycles. The highest BCUT2D eigenvalue weighted by molar-refractivity contribution is 6.07. The normalized spacial score (nSPS) is 27.2. The maximum Gasteiger partial charge on any atom is 0.241 e. The topological polar surface area (TPSA) is 93.5 Å². The highest BCUT2D eigenvalue weighted by Gasteiger charge is 2.49. The summed E-state index contributed by atoms with van der Waals surface area (Å²) in [7, 11) is 0. The molecule has 1 spiro atoms. The number of amides is 2. The van der Waals surface area contributed by atoms with Crippen molar-refractivity contribution in [3.05, 3.63) is 23.5 Å². The number of carbonyl (C=O) groups excluding carboxylic acids is 2. The predicted molar refractivity (Wildman–Crippen MR) is 104 cm³/mol. The van der Waals surface area contributed by atoms with Crippen LogP contribution in [-0.2, 0) is 19.7 Å². The van der Waals surface area contributed by atoms with E-state index < -0.39 is 17.3 Å². The third kappa shape index (κ3) is 3.31. The third-order valence-corrected chi connectivity index (χ3v) is 6.74. The molecule has 2 heterocycles. The second kappa shape index (κ2) is 7.44. The predicted octanol–water partition coefficient (Wildman–Crippen LogP) is 2.92. The highest BCUT2D eigenvalue weighted by atomic mass is 19.1. The van der Waals surface area contributed by atoms with Crippen LogP contribution in [0.1, 0.15) is 51.0 Å². The van der Waals surface area contributed by atoms with Crippen molar-refractivity contribution in [3.8, 4) is 0 Å². The molecule has 6 nitrogen and oxygen atoms in total. The van der Waals surface area contributed by atoms with Gasteiger partial charge in [-0.25, -0.2) is 4.39 Å². The van der Waals surface area contributed by atoms with Gasteiger partial charge in [-0.15, -0.1) is 0 Å². The molecule has 3 aliphatic rings. The number of hydrogen-bond acceptors (Lipinski definition) is 4. The monoisotopic (exact) mass is 389 g/mol. The SMILES string of the molecule is CC1CCC(C(N)C(=O)Nc2cc(F)c3c(c2)NC(=O)C32CCOCC2)CC1. The maximum atomic E-state index is 15.0. The Labute approximate surface area is 164 Å². The average molecular weight is 389 g/mol. The fraction of sp³-hybridized carbons (Fsp3) is 0.619. The minimum Gasteiger partial charge on any atom is -0.381 e. The Morgan fingerprint density at radius 1 is 1.29 bits per heavy atom. The van der Waals surface area contributed by atoms with Crippen LogP contribution in [0.4, 0.5) is 15.8 Å². The van der Waals surface area contributed by atoms with Gasteiger partial charge in [-0.2, -0.15) is 0 Å². The minimum absolute atomic E-state index is 0.153. The number of hydrogen-bond donors (Lipinski definition) is 3. The standard InChI is InChI=1S/C21H28FN3O3/c1-12-2-4-13(5-3-12)18(23)19(26)24-14-10-15(22)17-16(11-14)25-20(27)21(17)6-8-28-9-7-21/h10-13,18H,2-9,23H2,1H3,(H,24,26)(H,25,27). The first-order valence-corrected chi connectivity index (χ1v) is 10.2. The smallest absolute Gasteiger partial charge is 0.241 e. The van der Waals surface area contributed by atoms with Crippen molar-refractivity contribution in [1.29, 1.82) is 0 Å². The fourth-order valence-electron chi connectivity index (χ4n) is 4.90. The number of fused-ring (bicyclic) bond motifs is 2. The molecule has 2 aliphatic heterocycles. The molecule has 0 bridgehead atoms. The summed E-state index contributed by atoms with van der Waals surface area (Å²) < 4.78 is 20.3. The Kier molecular flexibility index (Phi) is 5.14. The second-order valence-electron chi connectivity index (χ2n) is 8.56. The van der Waals surface area contributed by atoms with Crippen LogP contribution in [0, 0.1) is 17.7 Å². The number of benzene rings is 1. The molecule has 1 unspecified atom stereocenters. The summed E-state index contributed by atoms with van der Waals surface area (Å²) in [5.41, 5.74) is 6.46. The van der Waals surface area contributed by atoms with Gasteiger partial charge in [0.1, 0.15) is 5.82 Å². The summed E-state index contributed by atoms with van der Waals surface area (Å²) in [5, 5.41) is 5.54. The molecule has 1 atom stereocenters. The van der Waals surface area contributed by atoms with Crippen LogP contribution in [-0.4, -0.2) is 31.1 Å². The molecule has 2 fully saturated rings. The lowest BCUT2D eigenvalue weighted by Gasteiger charge is -2.31. The van der Waals surface area contributed by atoms with Crippen LogP contribution in [0.5, 0.6) is 0 Å². The first-order chi connectivity index (χ1) is 13.4. The number of rotatable bonds is 3. The van der Waals surface area contributed by atoms with Crippen molar-refractivity contribution in [1.82, 2.24) is 0 Å². The van der Waals surface area contributed by atoms with Crippen LogP contribution in [0.25, 0.3) is 0 Å². The largest absolute Gasteiger partial charge is 0.381 e. The van der Waals surface area contributed by atoms with Crippen molar-refractivity contribution in [2.45, 2.75) is 56.9 Å². The van der Waals surface area contributed by atoms with Gasteiger partial charge in [0, 0.05) is 24.5 Å². The molecule has 152 valence electrons. The summed E-state index contributed by atoms with van der Waals surface area (Å²) in [6.07, 6.45) is 4.96. The lowest BCUT2D eigenvalue weighted by Crippen LogP contribution is -2.43. The van der Waals surface area contributed by atoms with Gasteiger partial charge in [0.15, 0.2) is 0 Å². The zero-order chi connectivity index (χ0) is 19.9. The molecule has 1 aromatic carbocycles. The van der Waals surface area contributed by atoms with Gasteiger partial charge < -0.3 is 21.1 Å². The van der Waals surface area contributed by atoms with Crippen LogP contribution < -0.4 is 16.4 Å². The van der Waals surface area contributed by atoms with E-state index in [0.717, 1.165) is 25.7 Å². The molecule has 4 N–H and O–H groups in total. The Bertz CT molecular complexity index is 783. The van der Waals surface area contributed by atoms with Gasteiger partial charge in [0.05, 0.1) is 17.1 Å². The number of carbonyl (C=O) groups is 2. The lowest BCUT2D eigenvalue weighted by atomic mass is 9.75. The third-order valence-electron chi connectivity index (χ3n) is 6.74. The van der Waals surface area contributed by atoms with E-state index in [2.05, 4.69) is 17.6 Å². The fourth-order valence-corrected chi connectivity index (χ4v) is 4.90. The number of nitrogens with one attached hydrogen (secondary N) is 2. The molecule has 28 heavy (non-hydrogen) atoms. The number of anilines is 2. The van der Waals surface area contributed by atoms with E-state index in [0.29, 0.717) is 48.9 Å². The minimum atomic E-state index is -0.866. The van der Waals surface area contributed by atoms with E-state index in [4.69, 9.17) is 10.5 Å². The van der Waals surface area contributed by atoms with E-state index in [1.54, 1.807) is 6.07 Å². The molecule has 1 saturated carbocycles. The number of nitrogens with two attached hydrogens (primary N) is 1. The quantitative estimate of drug-likeness (QED) is 0.741. The van der Waals surface area contributed by atoms with Crippen molar-refractivity contribution < 1.29 is 18.7 Å². The zero-order valence-electron chi connectivity index (χ0n) is 16.2. The van der Waals surface area contributed by atoms with Crippen LogP contribution in [0.3, 0.4) is 0 Å². The molecule has 0 radical (unpaired) electrons. The van der Waals surface area contributed by atoms with Crippen LogP contribution >= 0.6 is 0 Å². The van der Waals surface area contributed by atoms with Crippen molar-refractivity contribution in [3.63, 3.8) is 0 Å². The van der Waals surface area contributed by atoms with Gasteiger partial charge in [0.25, 0.3) is 0 Å². The van der Waals surface area contributed by atoms with Gasteiger partial charge >= 0.3 is 0 Å². The lowest BCUT2D eigenvalue weighted by molar-refractivity contribution is -0.124. The van der Waals surface area contributed by atoms with Crippen molar-refractivity contribution in [2.24, 2.45) is 17.6 Å². The summed E-state index contributed by atoms with van der Waals surface area (Å²) >= 11 is 0. The van der Waals surface area contributed by atoms with Crippen LogP contribution in [0.15, 0.2) is 12.1 Å². The maximum absolute atomic E-state index is 15.0. The van der Waals surface area contributed by atoms with Gasteiger partial charge in [0.2, 0.25) is 11.8 Å². The van der Waals surface area contributed by atoms with Crippen molar-refractivity contribution in [2.75, 3.05) is 23.8 Å². The Hall–Kier alpha value is -1.99. The van der Waals surface area contributed by atoms with E-state index in [1.165, 1.54) is 6.07 Å². The van der Waals surface area contributed by atoms with E-state index in [9.17, 15) is 14.0 Å². The first kappa shape index (κ1) is 19.3. The Balaban J connectivity index is 1.51. The Morgan fingerprint density at radius 3 is 2.64 bits per heavy atom. The first-order valence-electron chi connectivity index (χ1n) is 10.2. The summed E-state index contributed by atoms with van der Waals surface area (Å²) in [6.45, 7) is 3.08.